The number of carbonyl (C=O) groups is 1. The van der Waals surface area contributed by atoms with E-state index in [1.165, 1.54) is 0 Å². The highest BCUT2D eigenvalue weighted by Crippen LogP contribution is 2.04. The maximum absolute atomic E-state index is 10.1. The summed E-state index contributed by atoms with van der Waals surface area (Å²) in [6, 6.07) is 0. The molecule has 0 atom stereocenters. The minimum atomic E-state index is -0.336. The predicted octanol–water partition coefficient (Wildman–Crippen LogP) is 0.278. The SMILES string of the molecule is C[C]1CNC(=O)O1. The molecule has 1 saturated heterocycles. The number of carbonyl (C=O) groups excluding carboxylic acids is 1. The molecule has 0 aliphatic carbocycles. The largest absolute Gasteiger partial charge is 0.437 e. The van der Waals surface area contributed by atoms with E-state index in [0.717, 1.165) is 6.10 Å². The second kappa shape index (κ2) is 1.40. The molecule has 1 aliphatic heterocycles. The molecule has 39 valence electrons. The molecule has 0 unspecified atom stereocenters. The maximum atomic E-state index is 10.1. The highest BCUT2D eigenvalue weighted by atomic mass is 16.6. The third-order valence-corrected chi connectivity index (χ3v) is 0.749. The van der Waals surface area contributed by atoms with Gasteiger partial charge in [0.25, 0.3) is 0 Å². The number of nitrogens with one attached hydrogen (secondary N) is 1. The molecule has 1 rings (SSSR count). The molecule has 7 heavy (non-hydrogen) atoms. The lowest BCUT2D eigenvalue weighted by Gasteiger charge is -1.90. The molecule has 0 aromatic carbocycles. The standard InChI is InChI=1S/C4H6NO2/c1-3-2-5-4(6)7-3/h2H2,1H3,(H,5,6). The fourth-order valence-corrected chi connectivity index (χ4v) is 0.427. The fraction of sp³-hybridized carbons (Fsp3) is 0.500. The van der Waals surface area contributed by atoms with Gasteiger partial charge in [-0.05, 0) is 6.92 Å². The zero-order chi connectivity index (χ0) is 5.28. The molecule has 0 saturated carbocycles. The van der Waals surface area contributed by atoms with Gasteiger partial charge in [0.1, 0.15) is 0 Å². The number of alkyl carbamates (subject to hydrolysis) is 1. The molecular formula is C4H6NO2. The Morgan fingerprint density at radius 2 is 2.57 bits per heavy atom. The lowest BCUT2D eigenvalue weighted by atomic mass is 10.4. The van der Waals surface area contributed by atoms with Gasteiger partial charge < -0.3 is 10.1 Å². The van der Waals surface area contributed by atoms with E-state index in [0.29, 0.717) is 6.54 Å². The summed E-state index contributed by atoms with van der Waals surface area (Å²) in [4.78, 5) is 10.1. The first-order valence-electron chi connectivity index (χ1n) is 2.07. The van der Waals surface area contributed by atoms with Gasteiger partial charge in [-0.25, -0.2) is 4.79 Å². The lowest BCUT2D eigenvalue weighted by Crippen LogP contribution is -2.12. The first-order chi connectivity index (χ1) is 3.29. The summed E-state index contributed by atoms with van der Waals surface area (Å²) < 4.78 is 4.53. The molecule has 0 bridgehead atoms. The maximum Gasteiger partial charge on any atom is 0.408 e. The van der Waals surface area contributed by atoms with Crippen LogP contribution in [0.25, 0.3) is 0 Å². The number of rotatable bonds is 0. The lowest BCUT2D eigenvalue weighted by molar-refractivity contribution is 0.181. The van der Waals surface area contributed by atoms with Gasteiger partial charge >= 0.3 is 6.09 Å². The summed E-state index contributed by atoms with van der Waals surface area (Å²) in [6.07, 6.45) is 0.405. The molecular weight excluding hydrogens is 94.0 g/mol. The van der Waals surface area contributed by atoms with Crippen molar-refractivity contribution >= 4 is 6.09 Å². The van der Waals surface area contributed by atoms with Crippen molar-refractivity contribution in [2.75, 3.05) is 6.54 Å². The van der Waals surface area contributed by atoms with E-state index in [1.807, 2.05) is 0 Å². The molecule has 1 fully saturated rings. The summed E-state index contributed by atoms with van der Waals surface area (Å²) in [5.74, 6) is 0. The fourth-order valence-electron chi connectivity index (χ4n) is 0.427. The zero-order valence-electron chi connectivity index (χ0n) is 4.02. The molecule has 3 nitrogen and oxygen atoms in total. The highest BCUT2D eigenvalue weighted by Gasteiger charge is 2.17. The third-order valence-electron chi connectivity index (χ3n) is 0.749. The molecule has 1 heterocycles. The van der Waals surface area contributed by atoms with E-state index in [1.54, 1.807) is 6.92 Å². The zero-order valence-corrected chi connectivity index (χ0v) is 4.02. The van der Waals surface area contributed by atoms with Crippen LogP contribution in [0.4, 0.5) is 4.79 Å². The van der Waals surface area contributed by atoms with Gasteiger partial charge in [-0.2, -0.15) is 0 Å². The summed E-state index contributed by atoms with van der Waals surface area (Å²) in [5, 5.41) is 2.47. The minimum absolute atomic E-state index is 0.336. The molecule has 0 aromatic rings. The third kappa shape index (κ3) is 0.824. The number of hydrogen-bond donors (Lipinski definition) is 1. The van der Waals surface area contributed by atoms with Crippen molar-refractivity contribution in [3.63, 3.8) is 0 Å². The van der Waals surface area contributed by atoms with Crippen LogP contribution in [0.1, 0.15) is 6.92 Å². The van der Waals surface area contributed by atoms with Gasteiger partial charge in [0.15, 0.2) is 6.10 Å². The van der Waals surface area contributed by atoms with Crippen LogP contribution in [-0.4, -0.2) is 12.6 Å². The van der Waals surface area contributed by atoms with Gasteiger partial charge in [0, 0.05) is 0 Å². The highest BCUT2D eigenvalue weighted by molar-refractivity contribution is 5.70. The first-order valence-corrected chi connectivity index (χ1v) is 2.07. The van der Waals surface area contributed by atoms with Crippen molar-refractivity contribution in [3.8, 4) is 0 Å². The second-order valence-electron chi connectivity index (χ2n) is 1.45. The predicted molar refractivity (Wildman–Crippen MR) is 23.4 cm³/mol. The number of amides is 1. The Hall–Kier alpha value is -0.730. The van der Waals surface area contributed by atoms with E-state index in [4.69, 9.17) is 0 Å². The van der Waals surface area contributed by atoms with E-state index in [9.17, 15) is 4.79 Å². The van der Waals surface area contributed by atoms with Crippen molar-refractivity contribution in [2.24, 2.45) is 0 Å². The summed E-state index contributed by atoms with van der Waals surface area (Å²) >= 11 is 0. The quantitative estimate of drug-likeness (QED) is 0.474. The van der Waals surface area contributed by atoms with E-state index in [-0.39, 0.29) is 6.09 Å². The molecule has 1 radical (unpaired) electrons. The van der Waals surface area contributed by atoms with Crippen molar-refractivity contribution < 1.29 is 9.53 Å². The van der Waals surface area contributed by atoms with E-state index in [2.05, 4.69) is 10.1 Å². The van der Waals surface area contributed by atoms with Crippen LogP contribution in [0.3, 0.4) is 0 Å². The first kappa shape index (κ1) is 4.43. The Bertz CT molecular complexity index is 91.7. The smallest absolute Gasteiger partial charge is 0.408 e. The molecule has 1 aliphatic rings. The molecule has 3 heteroatoms. The minimum Gasteiger partial charge on any atom is -0.437 e. The molecule has 1 N–H and O–H groups in total. The van der Waals surface area contributed by atoms with Crippen molar-refractivity contribution in [3.05, 3.63) is 6.10 Å². The number of cyclic esters (lactones) is 1. The topological polar surface area (TPSA) is 38.3 Å². The number of hydrogen-bond acceptors (Lipinski definition) is 2. The van der Waals surface area contributed by atoms with Crippen LogP contribution in [0.15, 0.2) is 0 Å². The van der Waals surface area contributed by atoms with Gasteiger partial charge in [-0.1, -0.05) is 0 Å². The number of ether oxygens (including phenoxy) is 1. The van der Waals surface area contributed by atoms with Crippen LogP contribution in [0.5, 0.6) is 0 Å². The van der Waals surface area contributed by atoms with Crippen LogP contribution >= 0.6 is 0 Å². The van der Waals surface area contributed by atoms with Gasteiger partial charge in [0.2, 0.25) is 0 Å². The molecule has 0 aromatic heterocycles. The Labute approximate surface area is 41.7 Å². The van der Waals surface area contributed by atoms with Crippen LogP contribution in [-0.2, 0) is 4.74 Å². The summed E-state index contributed by atoms with van der Waals surface area (Å²) in [6.45, 7) is 2.33. The van der Waals surface area contributed by atoms with E-state index < -0.39 is 0 Å². The average molecular weight is 100 g/mol. The monoisotopic (exact) mass is 100 g/mol. The van der Waals surface area contributed by atoms with Crippen molar-refractivity contribution in [1.29, 1.82) is 0 Å². The van der Waals surface area contributed by atoms with Gasteiger partial charge in [-0.3, -0.25) is 0 Å². The summed E-state index contributed by atoms with van der Waals surface area (Å²) in [5.41, 5.74) is 0. The van der Waals surface area contributed by atoms with E-state index >= 15 is 0 Å². The Balaban J connectivity index is 2.40. The average Bonchev–Trinajstić information content (AvgIpc) is 1.87. The Morgan fingerprint density at radius 1 is 1.86 bits per heavy atom. The summed E-state index contributed by atoms with van der Waals surface area (Å²) in [7, 11) is 0. The molecule has 1 amide bonds. The van der Waals surface area contributed by atoms with Crippen LogP contribution < -0.4 is 5.32 Å². The van der Waals surface area contributed by atoms with Crippen molar-refractivity contribution in [1.82, 2.24) is 5.32 Å². The molecule has 0 spiro atoms. The normalized spacial score (nSPS) is 21.6. The Kier molecular flexibility index (Phi) is 0.889. The van der Waals surface area contributed by atoms with Gasteiger partial charge in [-0.15, -0.1) is 0 Å². The van der Waals surface area contributed by atoms with Crippen LogP contribution in [0.2, 0.25) is 0 Å². The van der Waals surface area contributed by atoms with Gasteiger partial charge in [0.05, 0.1) is 6.54 Å². The Morgan fingerprint density at radius 3 is 2.71 bits per heavy atom. The van der Waals surface area contributed by atoms with Crippen LogP contribution in [0, 0.1) is 6.10 Å². The van der Waals surface area contributed by atoms with Crippen molar-refractivity contribution in [2.45, 2.75) is 6.92 Å². The second-order valence-corrected chi connectivity index (χ2v) is 1.45.